The summed E-state index contributed by atoms with van der Waals surface area (Å²) in [5.74, 6) is -1.67. The van der Waals surface area contributed by atoms with Crippen LogP contribution in [0.25, 0.3) is 0 Å². The number of hydrogen-bond donors (Lipinski definition) is 3. The Morgan fingerprint density at radius 1 is 1.32 bits per heavy atom. The van der Waals surface area contributed by atoms with Crippen molar-refractivity contribution in [1.29, 1.82) is 0 Å². The first-order chi connectivity index (χ1) is 9.02. The molecule has 0 saturated carbocycles. The zero-order valence-electron chi connectivity index (χ0n) is 11.3. The van der Waals surface area contributed by atoms with Gasteiger partial charge < -0.3 is 24.8 Å². The Bertz CT molecular complexity index is 338. The van der Waals surface area contributed by atoms with Crippen molar-refractivity contribution >= 4 is 5.97 Å². The van der Waals surface area contributed by atoms with E-state index in [1.165, 1.54) is 0 Å². The molecule has 0 aromatic rings. The van der Waals surface area contributed by atoms with E-state index in [1.807, 2.05) is 6.92 Å². The van der Waals surface area contributed by atoms with E-state index in [9.17, 15) is 20.1 Å². The lowest BCUT2D eigenvalue weighted by Crippen LogP contribution is -2.39. The van der Waals surface area contributed by atoms with E-state index in [0.717, 1.165) is 19.3 Å². The van der Waals surface area contributed by atoms with Crippen LogP contribution in [0.5, 0.6) is 0 Å². The van der Waals surface area contributed by atoms with E-state index >= 15 is 0 Å². The van der Waals surface area contributed by atoms with Crippen LogP contribution in [0.2, 0.25) is 0 Å². The second kappa shape index (κ2) is 7.35. The number of hydrogen-bond acceptors (Lipinski definition) is 6. The van der Waals surface area contributed by atoms with Crippen LogP contribution in [0.4, 0.5) is 0 Å². The van der Waals surface area contributed by atoms with Gasteiger partial charge in [-0.15, -0.1) is 0 Å². The Morgan fingerprint density at radius 3 is 2.58 bits per heavy atom. The summed E-state index contributed by atoms with van der Waals surface area (Å²) in [7, 11) is 0. The molecule has 0 fully saturated rings. The molecule has 0 spiro atoms. The topological polar surface area (TPSA) is 96.2 Å². The third-order valence-corrected chi connectivity index (χ3v) is 3.03. The second-order valence-corrected chi connectivity index (χ2v) is 4.53. The lowest BCUT2D eigenvalue weighted by Gasteiger charge is -2.24. The van der Waals surface area contributed by atoms with Crippen LogP contribution in [0.3, 0.4) is 0 Å². The highest BCUT2D eigenvalue weighted by Gasteiger charge is 2.42. The lowest BCUT2D eigenvalue weighted by molar-refractivity contribution is -0.151. The SMILES string of the molecule is CCCCCC(O)[C@H](O)[C@H]1OC(=O)C(O)=C1OCC. The molecule has 3 atom stereocenters. The number of rotatable bonds is 8. The van der Waals surface area contributed by atoms with Gasteiger partial charge in [-0.05, 0) is 13.3 Å². The molecule has 0 aromatic heterocycles. The average Bonchev–Trinajstić information content (AvgIpc) is 2.67. The minimum Gasteiger partial charge on any atom is -0.499 e. The molecule has 0 bridgehead atoms. The van der Waals surface area contributed by atoms with Crippen LogP contribution in [0, 0.1) is 0 Å². The van der Waals surface area contributed by atoms with E-state index in [0.29, 0.717) is 6.42 Å². The third kappa shape index (κ3) is 3.84. The molecule has 0 aromatic carbocycles. The van der Waals surface area contributed by atoms with Crippen LogP contribution in [0.15, 0.2) is 11.5 Å². The molecule has 6 heteroatoms. The van der Waals surface area contributed by atoms with Gasteiger partial charge >= 0.3 is 5.97 Å². The average molecular weight is 274 g/mol. The van der Waals surface area contributed by atoms with Crippen molar-refractivity contribution in [1.82, 2.24) is 0 Å². The van der Waals surface area contributed by atoms with Crippen molar-refractivity contribution < 1.29 is 29.6 Å². The second-order valence-electron chi connectivity index (χ2n) is 4.53. The molecule has 1 heterocycles. The standard InChI is InChI=1S/C13H22O6/c1-3-5-6-7-8(14)9(15)12-11(18-4-2)10(16)13(17)19-12/h8-9,12,14-16H,3-7H2,1-2H3/t8?,9-,12+/m0/s1. The molecule has 0 radical (unpaired) electrons. The fourth-order valence-electron chi connectivity index (χ4n) is 1.97. The summed E-state index contributed by atoms with van der Waals surface area (Å²) in [6.45, 7) is 3.95. The fraction of sp³-hybridized carbons (Fsp3) is 0.769. The fourth-order valence-corrected chi connectivity index (χ4v) is 1.97. The molecule has 6 nitrogen and oxygen atoms in total. The third-order valence-electron chi connectivity index (χ3n) is 3.03. The molecule has 1 rings (SSSR count). The van der Waals surface area contributed by atoms with Crippen molar-refractivity contribution in [2.24, 2.45) is 0 Å². The number of cyclic esters (lactones) is 1. The number of carbonyl (C=O) groups excluding carboxylic acids is 1. The maximum absolute atomic E-state index is 11.3. The highest BCUT2D eigenvalue weighted by Crippen LogP contribution is 2.27. The number of aliphatic hydroxyl groups excluding tert-OH is 3. The Kier molecular flexibility index (Phi) is 6.11. The molecular formula is C13H22O6. The summed E-state index contributed by atoms with van der Waals surface area (Å²) in [4.78, 5) is 11.3. The maximum Gasteiger partial charge on any atom is 0.378 e. The molecular weight excluding hydrogens is 252 g/mol. The number of carbonyl (C=O) groups is 1. The van der Waals surface area contributed by atoms with Crippen LogP contribution >= 0.6 is 0 Å². The Labute approximate surface area is 112 Å². The van der Waals surface area contributed by atoms with Gasteiger partial charge in [-0.3, -0.25) is 0 Å². The van der Waals surface area contributed by atoms with Gasteiger partial charge in [0, 0.05) is 0 Å². The summed E-state index contributed by atoms with van der Waals surface area (Å²) < 4.78 is 9.94. The summed E-state index contributed by atoms with van der Waals surface area (Å²) in [6.07, 6.45) is -0.320. The zero-order chi connectivity index (χ0) is 14.4. The van der Waals surface area contributed by atoms with Crippen LogP contribution < -0.4 is 0 Å². The van der Waals surface area contributed by atoms with E-state index in [2.05, 4.69) is 0 Å². The summed E-state index contributed by atoms with van der Waals surface area (Å²) in [5.41, 5.74) is 0. The maximum atomic E-state index is 11.3. The van der Waals surface area contributed by atoms with Crippen molar-refractivity contribution in [2.75, 3.05) is 6.61 Å². The van der Waals surface area contributed by atoms with Gasteiger partial charge in [0.15, 0.2) is 11.9 Å². The number of unbranched alkanes of at least 4 members (excludes halogenated alkanes) is 2. The number of esters is 1. The largest absolute Gasteiger partial charge is 0.499 e. The first kappa shape index (κ1) is 15.8. The molecule has 1 unspecified atom stereocenters. The number of aliphatic hydroxyl groups is 3. The smallest absolute Gasteiger partial charge is 0.378 e. The van der Waals surface area contributed by atoms with Crippen molar-refractivity contribution in [2.45, 2.75) is 57.8 Å². The molecule has 19 heavy (non-hydrogen) atoms. The van der Waals surface area contributed by atoms with Gasteiger partial charge in [0.05, 0.1) is 12.7 Å². The Morgan fingerprint density at radius 2 is 2.00 bits per heavy atom. The molecule has 0 saturated heterocycles. The summed E-state index contributed by atoms with van der Waals surface area (Å²) in [5, 5.41) is 29.4. The summed E-state index contributed by atoms with van der Waals surface area (Å²) >= 11 is 0. The van der Waals surface area contributed by atoms with Crippen molar-refractivity contribution in [3.63, 3.8) is 0 Å². The molecule has 0 aliphatic carbocycles. The van der Waals surface area contributed by atoms with E-state index in [4.69, 9.17) is 9.47 Å². The van der Waals surface area contributed by atoms with Gasteiger partial charge in [-0.1, -0.05) is 26.2 Å². The molecule has 3 N–H and O–H groups in total. The monoisotopic (exact) mass is 274 g/mol. The van der Waals surface area contributed by atoms with Crippen molar-refractivity contribution in [3.8, 4) is 0 Å². The van der Waals surface area contributed by atoms with Gasteiger partial charge in [-0.2, -0.15) is 0 Å². The predicted octanol–water partition coefficient (Wildman–Crippen LogP) is 1.02. The first-order valence-corrected chi connectivity index (χ1v) is 6.65. The highest BCUT2D eigenvalue weighted by molar-refractivity contribution is 5.89. The Balaban J connectivity index is 2.65. The van der Waals surface area contributed by atoms with Crippen molar-refractivity contribution in [3.05, 3.63) is 11.5 Å². The van der Waals surface area contributed by atoms with E-state index < -0.39 is 30.0 Å². The number of ether oxygens (including phenoxy) is 2. The predicted molar refractivity (Wildman–Crippen MR) is 67.3 cm³/mol. The van der Waals surface area contributed by atoms with Crippen LogP contribution in [0.1, 0.15) is 39.5 Å². The van der Waals surface area contributed by atoms with Gasteiger partial charge in [-0.25, -0.2) is 4.79 Å². The van der Waals surface area contributed by atoms with E-state index in [1.54, 1.807) is 6.92 Å². The van der Waals surface area contributed by atoms with Gasteiger partial charge in [0.2, 0.25) is 5.76 Å². The summed E-state index contributed by atoms with van der Waals surface area (Å²) in [6, 6.07) is 0. The van der Waals surface area contributed by atoms with Crippen LogP contribution in [-0.4, -0.2) is 46.2 Å². The lowest BCUT2D eigenvalue weighted by atomic mass is 10.0. The minimum absolute atomic E-state index is 0.102. The van der Waals surface area contributed by atoms with Gasteiger partial charge in [0.25, 0.3) is 0 Å². The molecule has 110 valence electrons. The molecule has 1 aliphatic rings. The van der Waals surface area contributed by atoms with Gasteiger partial charge in [0.1, 0.15) is 6.10 Å². The normalized spacial score (nSPS) is 22.3. The highest BCUT2D eigenvalue weighted by atomic mass is 16.6. The minimum atomic E-state index is -1.30. The Hall–Kier alpha value is -1.27. The molecule has 1 aliphatic heterocycles. The molecule has 0 amide bonds. The van der Waals surface area contributed by atoms with Crippen LogP contribution in [-0.2, 0) is 14.3 Å². The first-order valence-electron chi connectivity index (χ1n) is 6.65. The zero-order valence-corrected chi connectivity index (χ0v) is 11.3. The van der Waals surface area contributed by atoms with E-state index in [-0.39, 0.29) is 12.4 Å². The quantitative estimate of drug-likeness (QED) is 0.452.